The van der Waals surface area contributed by atoms with Gasteiger partial charge in [0.1, 0.15) is 6.04 Å². The van der Waals surface area contributed by atoms with E-state index >= 15 is 0 Å². The standard InChI is InChI=1S/C18H23N3O2/c1-13(2)11-16-17(22)20-9-6-10-21(16)18(23)15(19)12-14-7-4-3-5-8-14/h3-10,13,15-16H,11-12,19H2,1-2H3/t15-,16?/m0/s1. The van der Waals surface area contributed by atoms with Crippen molar-refractivity contribution in [2.24, 2.45) is 16.6 Å². The van der Waals surface area contributed by atoms with Crippen LogP contribution in [0, 0.1) is 5.92 Å². The Morgan fingerprint density at radius 2 is 2.00 bits per heavy atom. The summed E-state index contributed by atoms with van der Waals surface area (Å²) in [7, 11) is 0. The third-order valence-corrected chi connectivity index (χ3v) is 3.72. The Balaban J connectivity index is 2.15. The van der Waals surface area contributed by atoms with E-state index in [9.17, 15) is 9.59 Å². The molecule has 122 valence electrons. The van der Waals surface area contributed by atoms with Crippen LogP contribution in [0.15, 0.2) is 47.6 Å². The molecule has 1 unspecified atom stereocenters. The van der Waals surface area contributed by atoms with E-state index in [0.717, 1.165) is 5.56 Å². The average Bonchev–Trinajstić information content (AvgIpc) is 2.69. The molecule has 0 bridgehead atoms. The molecule has 0 spiro atoms. The fraction of sp³-hybridized carbons (Fsp3) is 0.389. The molecule has 5 heteroatoms. The minimum atomic E-state index is -0.692. The highest BCUT2D eigenvalue weighted by atomic mass is 16.2. The van der Waals surface area contributed by atoms with Gasteiger partial charge in [0.15, 0.2) is 0 Å². The summed E-state index contributed by atoms with van der Waals surface area (Å²) in [4.78, 5) is 30.2. The van der Waals surface area contributed by atoms with Crippen LogP contribution < -0.4 is 5.73 Å². The Bertz CT molecular complexity index is 608. The smallest absolute Gasteiger partial charge is 0.268 e. The molecule has 23 heavy (non-hydrogen) atoms. The largest absolute Gasteiger partial charge is 0.320 e. The van der Waals surface area contributed by atoms with E-state index in [2.05, 4.69) is 4.99 Å². The number of allylic oxidation sites excluding steroid dienone is 1. The Morgan fingerprint density at radius 1 is 1.30 bits per heavy atom. The summed E-state index contributed by atoms with van der Waals surface area (Å²) in [6, 6.07) is 8.34. The van der Waals surface area contributed by atoms with Crippen LogP contribution in [0.2, 0.25) is 0 Å². The van der Waals surface area contributed by atoms with Crippen LogP contribution >= 0.6 is 0 Å². The van der Waals surface area contributed by atoms with E-state index in [1.807, 2.05) is 44.2 Å². The molecule has 0 radical (unpaired) electrons. The zero-order valence-electron chi connectivity index (χ0n) is 13.6. The summed E-state index contributed by atoms with van der Waals surface area (Å²) in [5, 5.41) is 0. The molecule has 1 aromatic carbocycles. The Hall–Kier alpha value is -2.27. The number of carbonyl (C=O) groups is 2. The maximum atomic E-state index is 12.7. The molecule has 0 saturated heterocycles. The second-order valence-corrected chi connectivity index (χ2v) is 6.15. The molecule has 0 aliphatic carbocycles. The Kier molecular flexibility index (Phi) is 5.82. The maximum Gasteiger partial charge on any atom is 0.268 e. The van der Waals surface area contributed by atoms with Crippen molar-refractivity contribution in [2.75, 3.05) is 0 Å². The van der Waals surface area contributed by atoms with E-state index < -0.39 is 12.1 Å². The summed E-state index contributed by atoms with van der Waals surface area (Å²) in [6.45, 7) is 4.02. The lowest BCUT2D eigenvalue weighted by Crippen LogP contribution is -2.49. The second-order valence-electron chi connectivity index (χ2n) is 6.15. The van der Waals surface area contributed by atoms with Crippen molar-refractivity contribution >= 4 is 18.0 Å². The second kappa shape index (κ2) is 7.83. The predicted octanol–water partition coefficient (Wildman–Crippen LogP) is 1.92. The minimum Gasteiger partial charge on any atom is -0.320 e. The molecule has 1 heterocycles. The van der Waals surface area contributed by atoms with Crippen LogP contribution in [0.3, 0.4) is 0 Å². The van der Waals surface area contributed by atoms with Gasteiger partial charge in [0, 0.05) is 12.4 Å². The number of hydrogen-bond acceptors (Lipinski definition) is 3. The predicted molar refractivity (Wildman–Crippen MR) is 90.8 cm³/mol. The molecular weight excluding hydrogens is 290 g/mol. The third-order valence-electron chi connectivity index (χ3n) is 3.72. The number of carbonyl (C=O) groups excluding carboxylic acids is 2. The number of benzene rings is 1. The molecule has 0 saturated carbocycles. The Morgan fingerprint density at radius 3 is 2.65 bits per heavy atom. The van der Waals surface area contributed by atoms with E-state index in [1.54, 1.807) is 12.3 Å². The summed E-state index contributed by atoms with van der Waals surface area (Å²) in [5.74, 6) is -0.287. The highest BCUT2D eigenvalue weighted by Gasteiger charge is 2.32. The number of aliphatic imine (C=N–C) groups is 1. The molecule has 2 rings (SSSR count). The van der Waals surface area contributed by atoms with Gasteiger partial charge in [-0.15, -0.1) is 0 Å². The van der Waals surface area contributed by atoms with Crippen LogP contribution in [-0.2, 0) is 16.0 Å². The molecular formula is C18H23N3O2. The lowest BCUT2D eigenvalue weighted by molar-refractivity contribution is -0.137. The average molecular weight is 313 g/mol. The number of amides is 2. The van der Waals surface area contributed by atoms with Gasteiger partial charge in [0.05, 0.1) is 6.04 Å². The van der Waals surface area contributed by atoms with E-state index in [4.69, 9.17) is 5.73 Å². The van der Waals surface area contributed by atoms with Gasteiger partial charge < -0.3 is 10.6 Å². The lowest BCUT2D eigenvalue weighted by atomic mass is 10.00. The summed E-state index contributed by atoms with van der Waals surface area (Å²) >= 11 is 0. The number of nitrogens with zero attached hydrogens (tertiary/aromatic N) is 2. The Labute approximate surface area is 136 Å². The number of nitrogens with two attached hydrogens (primary N) is 1. The molecule has 1 aromatic rings. The first kappa shape index (κ1) is 17.1. The van der Waals surface area contributed by atoms with Gasteiger partial charge in [0.2, 0.25) is 5.91 Å². The lowest BCUT2D eigenvalue weighted by Gasteiger charge is -2.29. The maximum absolute atomic E-state index is 12.7. The fourth-order valence-electron chi connectivity index (χ4n) is 2.59. The molecule has 5 nitrogen and oxygen atoms in total. The highest BCUT2D eigenvalue weighted by Crippen LogP contribution is 2.17. The first-order chi connectivity index (χ1) is 11.0. The van der Waals surface area contributed by atoms with E-state index in [-0.39, 0.29) is 17.7 Å². The van der Waals surface area contributed by atoms with Crippen molar-refractivity contribution in [1.82, 2.24) is 4.90 Å². The van der Waals surface area contributed by atoms with Gasteiger partial charge in [-0.2, -0.15) is 0 Å². The van der Waals surface area contributed by atoms with Crippen LogP contribution in [0.1, 0.15) is 25.8 Å². The van der Waals surface area contributed by atoms with Crippen LogP contribution in [0.4, 0.5) is 0 Å². The van der Waals surface area contributed by atoms with Gasteiger partial charge >= 0.3 is 0 Å². The van der Waals surface area contributed by atoms with Crippen molar-refractivity contribution < 1.29 is 9.59 Å². The summed E-state index contributed by atoms with van der Waals surface area (Å²) in [5.41, 5.74) is 7.09. The van der Waals surface area contributed by atoms with Crippen LogP contribution in [0.25, 0.3) is 0 Å². The van der Waals surface area contributed by atoms with Gasteiger partial charge in [-0.1, -0.05) is 44.2 Å². The summed E-state index contributed by atoms with van der Waals surface area (Å²) in [6.07, 6.45) is 5.63. The number of hydrogen-bond donors (Lipinski definition) is 1. The zero-order valence-corrected chi connectivity index (χ0v) is 13.6. The SMILES string of the molecule is CC(C)CC1C(=O)N=CC=CN1C(=O)[C@@H](N)Cc1ccccc1. The molecule has 2 N–H and O–H groups in total. The molecule has 1 aliphatic heterocycles. The van der Waals surface area contributed by atoms with Crippen molar-refractivity contribution in [3.8, 4) is 0 Å². The third kappa shape index (κ3) is 4.60. The molecule has 2 atom stereocenters. The highest BCUT2D eigenvalue weighted by molar-refractivity contribution is 5.97. The van der Waals surface area contributed by atoms with Crippen molar-refractivity contribution in [3.05, 3.63) is 48.2 Å². The minimum absolute atomic E-state index is 0.255. The quantitative estimate of drug-likeness (QED) is 0.902. The van der Waals surface area contributed by atoms with Crippen molar-refractivity contribution in [2.45, 2.75) is 38.8 Å². The normalized spacial score (nSPS) is 19.0. The zero-order chi connectivity index (χ0) is 16.8. The van der Waals surface area contributed by atoms with Crippen molar-refractivity contribution in [1.29, 1.82) is 0 Å². The summed E-state index contributed by atoms with van der Waals surface area (Å²) < 4.78 is 0. The molecule has 0 fully saturated rings. The molecule has 1 aliphatic rings. The first-order valence-electron chi connectivity index (χ1n) is 7.85. The first-order valence-corrected chi connectivity index (χ1v) is 7.85. The topological polar surface area (TPSA) is 75.8 Å². The van der Waals surface area contributed by atoms with Crippen LogP contribution in [0.5, 0.6) is 0 Å². The van der Waals surface area contributed by atoms with Crippen LogP contribution in [-0.4, -0.2) is 35.0 Å². The monoisotopic (exact) mass is 313 g/mol. The van der Waals surface area contributed by atoms with Crippen molar-refractivity contribution in [3.63, 3.8) is 0 Å². The van der Waals surface area contributed by atoms with Gasteiger partial charge in [-0.25, -0.2) is 4.99 Å². The van der Waals surface area contributed by atoms with Gasteiger partial charge in [0.25, 0.3) is 5.91 Å². The van der Waals surface area contributed by atoms with E-state index in [0.29, 0.717) is 12.8 Å². The molecule has 2 amide bonds. The fourth-order valence-corrected chi connectivity index (χ4v) is 2.59. The molecule has 0 aromatic heterocycles. The van der Waals surface area contributed by atoms with Gasteiger partial charge in [-0.3, -0.25) is 9.59 Å². The number of rotatable bonds is 5. The van der Waals surface area contributed by atoms with E-state index in [1.165, 1.54) is 11.1 Å². The van der Waals surface area contributed by atoms with Gasteiger partial charge in [-0.05, 0) is 30.4 Å².